The number of fused-ring (bicyclic) bond motifs is 1. The second-order valence-electron chi connectivity index (χ2n) is 4.98. The van der Waals surface area contributed by atoms with E-state index in [-0.39, 0.29) is 12.6 Å². The van der Waals surface area contributed by atoms with Crippen molar-refractivity contribution < 1.29 is 9.53 Å². The van der Waals surface area contributed by atoms with E-state index >= 15 is 0 Å². The van der Waals surface area contributed by atoms with Gasteiger partial charge >= 0.3 is 5.97 Å². The first-order chi connectivity index (χ1) is 10.1. The molecule has 0 amide bonds. The van der Waals surface area contributed by atoms with Crippen molar-refractivity contribution in [2.24, 2.45) is 7.05 Å². The van der Waals surface area contributed by atoms with Crippen molar-refractivity contribution in [3.63, 3.8) is 0 Å². The number of benzene rings is 2. The molecule has 0 unspecified atom stereocenters. The van der Waals surface area contributed by atoms with E-state index in [9.17, 15) is 4.79 Å². The molecule has 0 saturated heterocycles. The van der Waals surface area contributed by atoms with Crippen LogP contribution < -0.4 is 5.73 Å². The molecule has 1 aromatic heterocycles. The Bertz CT molecular complexity index is 800. The smallest absolute Gasteiger partial charge is 0.355 e. The van der Waals surface area contributed by atoms with Crippen LogP contribution >= 0.6 is 0 Å². The molecule has 0 bridgehead atoms. The molecule has 0 aliphatic carbocycles. The van der Waals surface area contributed by atoms with E-state index in [2.05, 4.69) is 0 Å². The van der Waals surface area contributed by atoms with Gasteiger partial charge in [-0.05, 0) is 22.4 Å². The Hall–Kier alpha value is -2.75. The average Bonchev–Trinajstić information content (AvgIpc) is 2.83. The third kappa shape index (κ3) is 2.60. The van der Waals surface area contributed by atoms with E-state index in [0.29, 0.717) is 11.4 Å². The highest BCUT2D eigenvalue weighted by atomic mass is 16.5. The zero-order chi connectivity index (χ0) is 14.8. The van der Waals surface area contributed by atoms with E-state index in [1.54, 1.807) is 23.9 Å². The third-order valence-electron chi connectivity index (χ3n) is 3.47. The van der Waals surface area contributed by atoms with E-state index in [1.165, 1.54) is 0 Å². The van der Waals surface area contributed by atoms with Gasteiger partial charge < -0.3 is 15.0 Å². The van der Waals surface area contributed by atoms with Crippen LogP contribution in [0.25, 0.3) is 10.8 Å². The molecule has 21 heavy (non-hydrogen) atoms. The molecule has 2 N–H and O–H groups in total. The lowest BCUT2D eigenvalue weighted by Crippen LogP contribution is -2.09. The predicted octanol–water partition coefficient (Wildman–Crippen LogP) is 3.12. The van der Waals surface area contributed by atoms with Gasteiger partial charge in [0.1, 0.15) is 12.3 Å². The summed E-state index contributed by atoms with van der Waals surface area (Å²) in [6, 6.07) is 15.6. The average molecular weight is 280 g/mol. The summed E-state index contributed by atoms with van der Waals surface area (Å²) in [4.78, 5) is 12.1. The minimum absolute atomic E-state index is 0.241. The van der Waals surface area contributed by atoms with Crippen molar-refractivity contribution in [2.75, 3.05) is 5.73 Å². The fourth-order valence-corrected chi connectivity index (χ4v) is 2.43. The second kappa shape index (κ2) is 5.32. The quantitative estimate of drug-likeness (QED) is 0.750. The second-order valence-corrected chi connectivity index (χ2v) is 4.98. The van der Waals surface area contributed by atoms with Crippen molar-refractivity contribution in [1.82, 2.24) is 4.57 Å². The van der Waals surface area contributed by atoms with E-state index in [1.807, 2.05) is 42.5 Å². The maximum absolute atomic E-state index is 12.1. The first kappa shape index (κ1) is 13.2. The van der Waals surface area contributed by atoms with Crippen LogP contribution in [0, 0.1) is 0 Å². The Kier molecular flexibility index (Phi) is 3.36. The van der Waals surface area contributed by atoms with Crippen molar-refractivity contribution in [3.8, 4) is 0 Å². The Morgan fingerprint density at radius 3 is 2.71 bits per heavy atom. The predicted molar refractivity (Wildman–Crippen MR) is 82.9 cm³/mol. The number of nitrogens with zero attached hydrogens (tertiary/aromatic N) is 1. The molecule has 0 fully saturated rings. The zero-order valence-corrected chi connectivity index (χ0v) is 11.7. The van der Waals surface area contributed by atoms with Gasteiger partial charge in [0, 0.05) is 13.2 Å². The van der Waals surface area contributed by atoms with Crippen LogP contribution in [-0.2, 0) is 18.4 Å². The summed E-state index contributed by atoms with van der Waals surface area (Å²) < 4.78 is 7.07. The summed E-state index contributed by atoms with van der Waals surface area (Å²) in [6.45, 7) is 0.241. The molecule has 0 spiro atoms. The number of carbonyl (C=O) groups is 1. The highest BCUT2D eigenvalue weighted by Crippen LogP contribution is 2.20. The molecule has 0 radical (unpaired) electrons. The lowest BCUT2D eigenvalue weighted by molar-refractivity contribution is 0.0463. The molecule has 4 nitrogen and oxygen atoms in total. The van der Waals surface area contributed by atoms with Crippen LogP contribution in [0.5, 0.6) is 0 Å². The largest absolute Gasteiger partial charge is 0.456 e. The summed E-state index contributed by atoms with van der Waals surface area (Å²) in [5, 5.41) is 2.23. The number of carbonyl (C=O) groups excluding carboxylic acids is 1. The summed E-state index contributed by atoms with van der Waals surface area (Å²) >= 11 is 0. The lowest BCUT2D eigenvalue weighted by atomic mass is 10.1. The van der Waals surface area contributed by atoms with Crippen LogP contribution in [0.15, 0.2) is 54.7 Å². The molecule has 0 aliphatic heterocycles. The number of ether oxygens (including phenoxy) is 1. The number of esters is 1. The lowest BCUT2D eigenvalue weighted by Gasteiger charge is -2.08. The summed E-state index contributed by atoms with van der Waals surface area (Å²) in [5.41, 5.74) is 7.66. The van der Waals surface area contributed by atoms with Gasteiger partial charge in [-0.15, -0.1) is 0 Å². The van der Waals surface area contributed by atoms with E-state index < -0.39 is 0 Å². The first-order valence-electron chi connectivity index (χ1n) is 6.71. The number of anilines is 1. The normalized spacial score (nSPS) is 10.7. The van der Waals surface area contributed by atoms with Crippen molar-refractivity contribution in [1.29, 1.82) is 0 Å². The van der Waals surface area contributed by atoms with Gasteiger partial charge in [0.05, 0.1) is 5.69 Å². The molecule has 0 saturated carbocycles. The summed E-state index contributed by atoms with van der Waals surface area (Å²) in [6.07, 6.45) is 1.69. The van der Waals surface area contributed by atoms with Crippen LogP contribution in [-0.4, -0.2) is 10.5 Å². The van der Waals surface area contributed by atoms with Crippen LogP contribution in [0.1, 0.15) is 16.1 Å². The number of nitrogens with two attached hydrogens (primary N) is 1. The monoisotopic (exact) mass is 280 g/mol. The molecule has 106 valence electrons. The Morgan fingerprint density at radius 1 is 1.19 bits per heavy atom. The summed E-state index contributed by atoms with van der Waals surface area (Å²) in [7, 11) is 1.77. The zero-order valence-electron chi connectivity index (χ0n) is 11.7. The Morgan fingerprint density at radius 2 is 1.95 bits per heavy atom. The molecule has 3 rings (SSSR count). The Balaban J connectivity index is 1.81. The number of rotatable bonds is 3. The van der Waals surface area contributed by atoms with E-state index in [4.69, 9.17) is 10.5 Å². The minimum atomic E-state index is -0.373. The van der Waals surface area contributed by atoms with Crippen molar-refractivity contribution in [2.45, 2.75) is 6.61 Å². The maximum atomic E-state index is 12.1. The minimum Gasteiger partial charge on any atom is -0.456 e. The molecule has 2 aromatic carbocycles. The highest BCUT2D eigenvalue weighted by molar-refractivity contribution is 5.89. The number of aryl methyl sites for hydroxylation is 1. The molecule has 3 aromatic rings. The topological polar surface area (TPSA) is 57.2 Å². The highest BCUT2D eigenvalue weighted by Gasteiger charge is 2.13. The van der Waals surface area contributed by atoms with Crippen LogP contribution in [0.4, 0.5) is 5.69 Å². The fraction of sp³-hybridized carbons (Fsp3) is 0.118. The molecule has 0 atom stereocenters. The molecule has 1 heterocycles. The fourth-order valence-electron chi connectivity index (χ4n) is 2.43. The molecule has 0 aliphatic rings. The van der Waals surface area contributed by atoms with Crippen molar-refractivity contribution in [3.05, 3.63) is 66.0 Å². The van der Waals surface area contributed by atoms with E-state index in [0.717, 1.165) is 16.3 Å². The van der Waals surface area contributed by atoms with Gasteiger partial charge in [-0.3, -0.25) is 0 Å². The first-order valence-corrected chi connectivity index (χ1v) is 6.71. The van der Waals surface area contributed by atoms with Gasteiger partial charge in [0.2, 0.25) is 0 Å². The summed E-state index contributed by atoms with van der Waals surface area (Å²) in [5.74, 6) is -0.373. The Labute approximate surface area is 122 Å². The van der Waals surface area contributed by atoms with Crippen molar-refractivity contribution >= 4 is 22.4 Å². The molecular formula is C17H16N2O2. The van der Waals surface area contributed by atoms with Gasteiger partial charge in [0.25, 0.3) is 0 Å². The number of nitrogen functional groups attached to an aromatic ring is 1. The number of aromatic nitrogens is 1. The number of hydrogen-bond donors (Lipinski definition) is 1. The van der Waals surface area contributed by atoms with Crippen LogP contribution in [0.3, 0.4) is 0 Å². The molecular weight excluding hydrogens is 264 g/mol. The van der Waals surface area contributed by atoms with Gasteiger partial charge in [-0.2, -0.15) is 0 Å². The SMILES string of the molecule is Cn1cc(N)cc1C(=O)OCc1cccc2ccccc12. The molecule has 4 heteroatoms. The standard InChI is InChI=1S/C17H16N2O2/c1-19-10-14(18)9-16(19)17(20)21-11-13-7-4-6-12-5-2-3-8-15(12)13/h2-10H,11,18H2,1H3. The van der Waals surface area contributed by atoms with Gasteiger partial charge in [0.15, 0.2) is 0 Å². The van der Waals surface area contributed by atoms with Gasteiger partial charge in [-0.1, -0.05) is 42.5 Å². The van der Waals surface area contributed by atoms with Gasteiger partial charge in [-0.25, -0.2) is 4.79 Å². The third-order valence-corrected chi connectivity index (χ3v) is 3.47. The number of hydrogen-bond acceptors (Lipinski definition) is 3. The maximum Gasteiger partial charge on any atom is 0.355 e. The van der Waals surface area contributed by atoms with Crippen LogP contribution in [0.2, 0.25) is 0 Å².